The predicted octanol–water partition coefficient (Wildman–Crippen LogP) is -1.91. The second-order valence-corrected chi connectivity index (χ2v) is 8.87. The molecule has 0 aliphatic carbocycles. The molecule has 14 heteroatoms. The normalized spacial score (nSPS) is 31.9. The monoisotopic (exact) mass is 437 g/mol. The third-order valence-electron chi connectivity index (χ3n) is 4.32. The van der Waals surface area contributed by atoms with Crippen LogP contribution >= 0.6 is 6.80 Å². The molecule has 0 saturated carbocycles. The van der Waals surface area contributed by atoms with Crippen LogP contribution in [0.1, 0.15) is 26.0 Å². The number of rotatable bonds is 4. The van der Waals surface area contributed by atoms with Crippen molar-refractivity contribution in [3.05, 3.63) is 12.7 Å². The number of nitrogens with zero attached hydrogens (tertiary/aromatic N) is 4. The molecule has 0 aromatic carbocycles. The largest absolute Gasteiger partial charge is 1.00 e. The van der Waals surface area contributed by atoms with Gasteiger partial charge in [-0.3, -0.25) is 13.9 Å². The Labute approximate surface area is 187 Å². The Balaban J connectivity index is 0.00000225. The summed E-state index contributed by atoms with van der Waals surface area (Å²) in [5.41, 5.74) is 6.62. The molecule has 4 heterocycles. The van der Waals surface area contributed by atoms with Gasteiger partial charge in [-0.05, 0) is 6.42 Å². The minimum absolute atomic E-state index is 0. The van der Waals surface area contributed by atoms with E-state index in [0.29, 0.717) is 17.6 Å². The molecule has 146 valence electrons. The second kappa shape index (κ2) is 8.57. The number of nitrogen functional groups attached to an aromatic ring is 1. The molecule has 4 rings (SSSR count). The molecule has 2 saturated heterocycles. The first-order valence-corrected chi connectivity index (χ1v) is 10.9. The van der Waals surface area contributed by atoms with Gasteiger partial charge in [0.25, 0.3) is 0 Å². The van der Waals surface area contributed by atoms with Gasteiger partial charge in [0.1, 0.15) is 24.1 Å². The topological polar surface area (TPSA) is 141 Å². The summed E-state index contributed by atoms with van der Waals surface area (Å²) in [7, 11) is 0. The number of hydrogen-bond acceptors (Lipinski definition) is 11. The summed E-state index contributed by atoms with van der Waals surface area (Å²) in [6.07, 6.45) is 0.439. The van der Waals surface area contributed by atoms with E-state index >= 15 is 0 Å². The molecule has 2 aromatic rings. The van der Waals surface area contributed by atoms with Crippen molar-refractivity contribution < 1.29 is 57.4 Å². The number of fused-ring (bicyclic) bond motifs is 2. The summed E-state index contributed by atoms with van der Waals surface area (Å²) in [6, 6.07) is 0. The molecule has 0 bridgehead atoms. The molecule has 2 aliphatic heterocycles. The number of carbonyl (C=O) groups is 1. The Morgan fingerprint density at radius 3 is 3.00 bits per heavy atom. The predicted molar refractivity (Wildman–Crippen MR) is 94.2 cm³/mol. The van der Waals surface area contributed by atoms with Gasteiger partial charge in [-0.1, -0.05) is 6.92 Å². The number of hydrogen-bond donors (Lipinski definition) is 1. The summed E-state index contributed by atoms with van der Waals surface area (Å²) >= 11 is 4.83. The van der Waals surface area contributed by atoms with Gasteiger partial charge in [-0.15, -0.1) is 0 Å². The van der Waals surface area contributed by atoms with Gasteiger partial charge in [0.15, 0.2) is 30.6 Å². The van der Waals surface area contributed by atoms with Crippen LogP contribution in [-0.2, 0) is 40.1 Å². The quantitative estimate of drug-likeness (QED) is 0.248. The van der Waals surface area contributed by atoms with Crippen LogP contribution in [-0.4, -0.2) is 50.4 Å². The van der Waals surface area contributed by atoms with Crippen molar-refractivity contribution in [2.75, 3.05) is 12.3 Å². The molecule has 0 amide bonds. The maximum atomic E-state index is 12.1. The maximum Gasteiger partial charge on any atom is 1.00 e. The minimum Gasteiger partial charge on any atom is -0.660 e. The molecule has 28 heavy (non-hydrogen) atoms. The van der Waals surface area contributed by atoms with Crippen LogP contribution in [0.3, 0.4) is 0 Å². The zero-order valence-corrected chi connectivity index (χ0v) is 19.0. The van der Waals surface area contributed by atoms with Crippen LogP contribution in [0.4, 0.5) is 5.82 Å². The first-order valence-electron chi connectivity index (χ1n) is 8.31. The van der Waals surface area contributed by atoms with E-state index in [-0.39, 0.29) is 48.4 Å². The zero-order valence-electron chi connectivity index (χ0n) is 15.3. The van der Waals surface area contributed by atoms with Gasteiger partial charge in [-0.25, -0.2) is 15.0 Å². The molecular weight excluding hydrogens is 420 g/mol. The van der Waals surface area contributed by atoms with Crippen molar-refractivity contribution in [2.24, 2.45) is 0 Å². The Kier molecular flexibility index (Phi) is 6.72. The molecule has 5 atom stereocenters. The SMILES string of the molecule is CCCC(=O)O[C@H]1C2OP(=O)([S-])OCC2OC1n1cnc2c(N)ncnc21.[Na+]. The van der Waals surface area contributed by atoms with Gasteiger partial charge in [0.05, 0.1) is 12.9 Å². The van der Waals surface area contributed by atoms with E-state index in [1.807, 2.05) is 6.92 Å². The third kappa shape index (κ3) is 4.10. The van der Waals surface area contributed by atoms with Crippen LogP contribution in [0.25, 0.3) is 11.2 Å². The molecular formula is C14H17N5NaO6PS. The molecule has 0 radical (unpaired) electrons. The first-order chi connectivity index (χ1) is 12.9. The third-order valence-corrected chi connectivity index (χ3v) is 5.86. The van der Waals surface area contributed by atoms with Gasteiger partial charge < -0.3 is 36.5 Å². The van der Waals surface area contributed by atoms with E-state index < -0.39 is 37.3 Å². The van der Waals surface area contributed by atoms with Crippen molar-refractivity contribution >= 4 is 42.0 Å². The van der Waals surface area contributed by atoms with E-state index in [0.717, 1.165) is 0 Å². The van der Waals surface area contributed by atoms with Crippen LogP contribution in [0.5, 0.6) is 0 Å². The summed E-state index contributed by atoms with van der Waals surface area (Å²) in [5, 5.41) is 0. The Hall–Kier alpha value is -0.720. The average Bonchev–Trinajstić information content (AvgIpc) is 3.17. The molecule has 2 N–H and O–H groups in total. The van der Waals surface area contributed by atoms with Gasteiger partial charge in [0, 0.05) is 6.42 Å². The number of aromatic nitrogens is 4. The van der Waals surface area contributed by atoms with E-state index in [4.69, 9.17) is 36.5 Å². The summed E-state index contributed by atoms with van der Waals surface area (Å²) < 4.78 is 35.7. The Morgan fingerprint density at radius 2 is 2.25 bits per heavy atom. The summed E-state index contributed by atoms with van der Waals surface area (Å²) in [4.78, 5) is 24.4. The minimum atomic E-state index is -3.67. The van der Waals surface area contributed by atoms with Gasteiger partial charge in [-0.2, -0.15) is 0 Å². The average molecular weight is 437 g/mol. The summed E-state index contributed by atoms with van der Waals surface area (Å²) in [6.45, 7) is -1.85. The standard InChI is InChI=1S/C14H18N5O6PS.Na/c1-2-3-8(20)24-11-10-7(4-22-26(21,27)25-10)23-14(11)19-6-18-9-12(15)16-5-17-13(9)19;/h5-7,10-11,14H,2-4H2,1H3,(H,21,27)(H2,15,16,17);/q;+1/p-1/t7?,10?,11-,14?,26?;/m0./s1. The van der Waals surface area contributed by atoms with Crippen LogP contribution in [0, 0.1) is 0 Å². The molecule has 11 nitrogen and oxygen atoms in total. The van der Waals surface area contributed by atoms with E-state index in [1.54, 1.807) is 4.57 Å². The van der Waals surface area contributed by atoms with Crippen molar-refractivity contribution in [1.82, 2.24) is 19.5 Å². The van der Waals surface area contributed by atoms with Crippen LogP contribution < -0.4 is 35.3 Å². The molecule has 0 spiro atoms. The Morgan fingerprint density at radius 1 is 1.46 bits per heavy atom. The van der Waals surface area contributed by atoms with Crippen molar-refractivity contribution in [3.8, 4) is 0 Å². The Bertz CT molecular complexity index is 931. The number of esters is 1. The van der Waals surface area contributed by atoms with Crippen molar-refractivity contribution in [1.29, 1.82) is 0 Å². The van der Waals surface area contributed by atoms with Crippen molar-refractivity contribution in [3.63, 3.8) is 0 Å². The smallest absolute Gasteiger partial charge is 0.660 e. The van der Waals surface area contributed by atoms with E-state index in [9.17, 15) is 9.36 Å². The number of carbonyl (C=O) groups excluding carboxylic acids is 1. The number of nitrogens with two attached hydrogens (primary N) is 1. The fourth-order valence-electron chi connectivity index (χ4n) is 3.13. The fourth-order valence-corrected chi connectivity index (χ4v) is 4.56. The van der Waals surface area contributed by atoms with E-state index in [2.05, 4.69) is 15.0 Å². The summed E-state index contributed by atoms with van der Waals surface area (Å²) in [5.74, 6) is -0.215. The molecule has 2 aliphatic rings. The zero-order chi connectivity index (χ0) is 19.2. The molecule has 4 unspecified atom stereocenters. The van der Waals surface area contributed by atoms with Crippen LogP contribution in [0.2, 0.25) is 0 Å². The second-order valence-electron chi connectivity index (χ2n) is 6.17. The molecule has 2 fully saturated rings. The van der Waals surface area contributed by atoms with Gasteiger partial charge in [0.2, 0.25) is 0 Å². The van der Waals surface area contributed by atoms with Crippen LogP contribution in [0.15, 0.2) is 12.7 Å². The number of imidazole rings is 1. The molecule has 2 aromatic heterocycles. The van der Waals surface area contributed by atoms with E-state index in [1.165, 1.54) is 12.7 Å². The van der Waals surface area contributed by atoms with Gasteiger partial charge >= 0.3 is 35.5 Å². The van der Waals surface area contributed by atoms with Crippen molar-refractivity contribution in [2.45, 2.75) is 44.3 Å². The number of ether oxygens (including phenoxy) is 2. The maximum absolute atomic E-state index is 12.1. The number of anilines is 1. The first kappa shape index (κ1) is 22.0. The fraction of sp³-hybridized carbons (Fsp3) is 0.571.